The number of benzene rings is 1. The summed E-state index contributed by atoms with van der Waals surface area (Å²) in [7, 11) is -3.58. The van der Waals surface area contributed by atoms with E-state index in [2.05, 4.69) is 0 Å². The minimum absolute atomic E-state index is 0.240. The molecule has 0 fully saturated rings. The molecule has 7 heteroatoms. The van der Waals surface area contributed by atoms with Crippen molar-refractivity contribution in [1.82, 2.24) is 0 Å². The Morgan fingerprint density at radius 1 is 1.26 bits per heavy atom. The molecule has 0 saturated heterocycles. The minimum Gasteiger partial charge on any atom is -0.507 e. The maximum atomic E-state index is 12.1. The number of sulfone groups is 1. The topological polar surface area (TPSA) is 115 Å². The molecule has 0 saturated carbocycles. The van der Waals surface area contributed by atoms with Crippen LogP contribution in [-0.2, 0) is 9.84 Å². The molecule has 2 atom stereocenters. The molecule has 0 aliphatic carbocycles. The number of phenols is 1. The molecule has 4 N–H and O–H groups in total. The molecule has 1 heterocycles. The second-order valence-electron chi connectivity index (χ2n) is 7.24. The van der Waals surface area contributed by atoms with E-state index in [1.54, 1.807) is 0 Å². The Kier molecular flexibility index (Phi) is 6.86. The highest BCUT2D eigenvalue weighted by Crippen LogP contribution is 2.32. The zero-order chi connectivity index (χ0) is 20.4. The molecule has 0 spiro atoms. The first-order valence-corrected chi connectivity index (χ1v) is 10.6. The number of aromatic hydroxyl groups is 1. The van der Waals surface area contributed by atoms with E-state index < -0.39 is 34.4 Å². The maximum absolute atomic E-state index is 12.1. The Morgan fingerprint density at radius 2 is 1.85 bits per heavy atom. The fourth-order valence-corrected chi connectivity index (χ4v) is 5.48. The van der Waals surface area contributed by atoms with Crippen molar-refractivity contribution < 1.29 is 28.8 Å². The van der Waals surface area contributed by atoms with E-state index in [4.69, 9.17) is 0 Å². The predicted molar refractivity (Wildman–Crippen MR) is 105 cm³/mol. The Labute approximate surface area is 160 Å². The van der Waals surface area contributed by atoms with Gasteiger partial charge in [-0.1, -0.05) is 11.6 Å². The molecule has 0 unspecified atom stereocenters. The fourth-order valence-electron chi connectivity index (χ4n) is 3.60. The second-order valence-corrected chi connectivity index (χ2v) is 9.43. The van der Waals surface area contributed by atoms with Crippen LogP contribution in [0.5, 0.6) is 5.75 Å². The van der Waals surface area contributed by atoms with E-state index in [1.165, 1.54) is 0 Å². The number of hydrogen-bond acceptors (Lipinski definition) is 6. The fraction of sp³-hybridized carbons (Fsp3) is 0.500. The van der Waals surface area contributed by atoms with Gasteiger partial charge >= 0.3 is 0 Å². The van der Waals surface area contributed by atoms with Gasteiger partial charge in [0.25, 0.3) is 0 Å². The summed E-state index contributed by atoms with van der Waals surface area (Å²) in [5.41, 5.74) is 4.03. The quantitative estimate of drug-likeness (QED) is 0.521. The number of aliphatic hydroxyl groups excluding tert-OH is 3. The van der Waals surface area contributed by atoms with Crippen LogP contribution in [0.3, 0.4) is 0 Å². The van der Waals surface area contributed by atoms with Crippen molar-refractivity contribution in [2.75, 3.05) is 19.0 Å². The molecule has 1 aromatic carbocycles. The van der Waals surface area contributed by atoms with E-state index in [-0.39, 0.29) is 22.6 Å². The van der Waals surface area contributed by atoms with Crippen molar-refractivity contribution in [3.63, 3.8) is 0 Å². The van der Waals surface area contributed by atoms with Gasteiger partial charge in [-0.3, -0.25) is 0 Å². The minimum atomic E-state index is -3.58. The molecule has 27 heavy (non-hydrogen) atoms. The first kappa shape index (κ1) is 21.6. The molecule has 2 rings (SSSR count). The third-order valence-electron chi connectivity index (χ3n) is 5.02. The van der Waals surface area contributed by atoms with E-state index in [0.29, 0.717) is 12.8 Å². The molecule has 0 radical (unpaired) electrons. The van der Waals surface area contributed by atoms with Gasteiger partial charge in [0.1, 0.15) is 11.0 Å². The van der Waals surface area contributed by atoms with E-state index >= 15 is 0 Å². The molecule has 1 aromatic rings. The molecular formula is C20H28O6S. The monoisotopic (exact) mass is 396 g/mol. The number of aryl methyl sites for hydroxylation is 2. The van der Waals surface area contributed by atoms with Crippen LogP contribution >= 0.6 is 0 Å². The Balaban J connectivity index is 2.13. The lowest BCUT2D eigenvalue weighted by Gasteiger charge is -2.19. The van der Waals surface area contributed by atoms with E-state index in [9.17, 15) is 28.8 Å². The molecule has 0 aromatic heterocycles. The van der Waals surface area contributed by atoms with Crippen LogP contribution in [0.4, 0.5) is 0 Å². The standard InChI is InChI=1S/C20H28O6S/c1-12(6-15-7-13(2)20(24)14(3)8-15)4-5-17(23)19-16(9-21)11-27(25,26)18(19)10-22/h6-8,17-18,21-24H,4-5,9-11H2,1-3H3/b12-6+/t17-,18+/m1/s1. The molecule has 6 nitrogen and oxygen atoms in total. The summed E-state index contributed by atoms with van der Waals surface area (Å²) in [4.78, 5) is 0. The Hall–Kier alpha value is -1.67. The van der Waals surface area contributed by atoms with Crippen molar-refractivity contribution >= 4 is 15.9 Å². The van der Waals surface area contributed by atoms with Crippen LogP contribution in [-0.4, -0.2) is 59.2 Å². The highest BCUT2D eigenvalue weighted by atomic mass is 32.2. The van der Waals surface area contributed by atoms with Crippen LogP contribution in [0.15, 0.2) is 28.9 Å². The Bertz CT molecular complexity index is 843. The summed E-state index contributed by atoms with van der Waals surface area (Å²) < 4.78 is 24.2. The van der Waals surface area contributed by atoms with Crippen molar-refractivity contribution in [2.24, 2.45) is 0 Å². The zero-order valence-electron chi connectivity index (χ0n) is 15.9. The van der Waals surface area contributed by atoms with Crippen molar-refractivity contribution in [2.45, 2.75) is 45.0 Å². The molecule has 150 valence electrons. The number of rotatable bonds is 7. The van der Waals surface area contributed by atoms with Gasteiger partial charge in [0.2, 0.25) is 0 Å². The van der Waals surface area contributed by atoms with Crippen LogP contribution in [0.1, 0.15) is 36.5 Å². The van der Waals surface area contributed by atoms with Gasteiger partial charge < -0.3 is 20.4 Å². The summed E-state index contributed by atoms with van der Waals surface area (Å²) in [6.45, 7) is 4.54. The zero-order valence-corrected chi connectivity index (χ0v) is 16.8. The highest BCUT2D eigenvalue weighted by molar-refractivity contribution is 7.92. The summed E-state index contributed by atoms with van der Waals surface area (Å²) in [5, 5.41) is 38.1. The summed E-state index contributed by atoms with van der Waals surface area (Å²) in [6, 6.07) is 3.75. The van der Waals surface area contributed by atoms with Crippen molar-refractivity contribution in [3.8, 4) is 5.75 Å². The molecule has 0 amide bonds. The van der Waals surface area contributed by atoms with Crippen molar-refractivity contribution in [1.29, 1.82) is 0 Å². The molecule has 1 aliphatic heterocycles. The number of allylic oxidation sites excluding steroid dienone is 1. The first-order chi connectivity index (χ1) is 12.6. The van der Waals surface area contributed by atoms with Crippen LogP contribution in [0, 0.1) is 13.8 Å². The van der Waals surface area contributed by atoms with Crippen LogP contribution in [0.2, 0.25) is 0 Å². The maximum Gasteiger partial charge on any atom is 0.163 e. The summed E-state index contributed by atoms with van der Waals surface area (Å²) in [5.74, 6) is -0.0386. The van der Waals surface area contributed by atoms with Crippen LogP contribution < -0.4 is 0 Å². The van der Waals surface area contributed by atoms with E-state index in [0.717, 1.165) is 22.3 Å². The smallest absolute Gasteiger partial charge is 0.163 e. The Morgan fingerprint density at radius 3 is 2.37 bits per heavy atom. The third kappa shape index (κ3) is 4.79. The van der Waals surface area contributed by atoms with Crippen molar-refractivity contribution in [3.05, 3.63) is 45.5 Å². The number of phenolic OH excluding ortho intramolecular Hbond substituents is 1. The lowest BCUT2D eigenvalue weighted by atomic mass is 9.95. The summed E-state index contributed by atoms with van der Waals surface area (Å²) in [6.07, 6.45) is 1.75. The van der Waals surface area contributed by atoms with Gasteiger partial charge in [0.15, 0.2) is 9.84 Å². The molecule has 0 bridgehead atoms. The SMILES string of the molecule is C/C(=C\c1cc(C)c(O)c(C)c1)CC[C@@H](O)C1=C(CO)CS(=O)(=O)[C@H]1CO. The second kappa shape index (κ2) is 8.56. The normalized spacial score (nSPS) is 21.0. The van der Waals surface area contributed by atoms with Gasteiger partial charge in [0, 0.05) is 0 Å². The predicted octanol–water partition coefficient (Wildman–Crippen LogP) is 1.63. The lowest BCUT2D eigenvalue weighted by molar-refractivity contribution is 0.186. The largest absolute Gasteiger partial charge is 0.507 e. The van der Waals surface area contributed by atoms with Gasteiger partial charge in [0.05, 0.1) is 25.1 Å². The third-order valence-corrected chi connectivity index (χ3v) is 7.04. The average Bonchev–Trinajstić information content (AvgIpc) is 2.87. The van der Waals surface area contributed by atoms with Gasteiger partial charge in [-0.05, 0) is 73.6 Å². The molecule has 1 aliphatic rings. The average molecular weight is 397 g/mol. The van der Waals surface area contributed by atoms with Crippen LogP contribution in [0.25, 0.3) is 6.08 Å². The summed E-state index contributed by atoms with van der Waals surface area (Å²) >= 11 is 0. The highest BCUT2D eigenvalue weighted by Gasteiger charge is 2.40. The molecular weight excluding hydrogens is 368 g/mol. The van der Waals surface area contributed by atoms with E-state index in [1.807, 2.05) is 39.0 Å². The lowest BCUT2D eigenvalue weighted by Crippen LogP contribution is -2.29. The van der Waals surface area contributed by atoms with Gasteiger partial charge in [-0.2, -0.15) is 0 Å². The number of aliphatic hydroxyl groups is 3. The van der Waals surface area contributed by atoms with Gasteiger partial charge in [-0.25, -0.2) is 8.42 Å². The number of hydrogen-bond donors (Lipinski definition) is 4. The first-order valence-electron chi connectivity index (χ1n) is 8.91. The van der Waals surface area contributed by atoms with Gasteiger partial charge in [-0.15, -0.1) is 0 Å².